The van der Waals surface area contributed by atoms with Gasteiger partial charge in [-0.2, -0.15) is 0 Å². The van der Waals surface area contributed by atoms with Crippen molar-refractivity contribution in [3.8, 4) is 0 Å². The van der Waals surface area contributed by atoms with Crippen LogP contribution >= 0.6 is 11.6 Å². The Morgan fingerprint density at radius 3 is 2.83 bits per heavy atom. The van der Waals surface area contributed by atoms with Crippen LogP contribution < -0.4 is 10.9 Å². The zero-order chi connectivity index (χ0) is 17.1. The van der Waals surface area contributed by atoms with E-state index in [9.17, 15) is 14.0 Å². The molecule has 0 aliphatic heterocycles. The Balaban J connectivity index is 1.89. The van der Waals surface area contributed by atoms with E-state index in [0.29, 0.717) is 0 Å². The standard InChI is InChI=1S/C16H11ClFN3O3/c17-12-2-1-3-13(18)11(12)9-21-8-10(4-5-15(21)22)16(23)19-14-6-7-24-20-14/h1-8H,9H2,(H,19,20,23). The summed E-state index contributed by atoms with van der Waals surface area (Å²) in [5.41, 5.74) is 0.00712. The van der Waals surface area contributed by atoms with Crippen LogP contribution in [0.25, 0.3) is 0 Å². The van der Waals surface area contributed by atoms with Crippen LogP contribution in [-0.4, -0.2) is 15.6 Å². The van der Waals surface area contributed by atoms with Gasteiger partial charge in [-0.15, -0.1) is 0 Å². The number of nitrogens with zero attached hydrogens (tertiary/aromatic N) is 2. The van der Waals surface area contributed by atoms with E-state index in [-0.39, 0.29) is 34.1 Å². The first-order valence-electron chi connectivity index (χ1n) is 6.90. The van der Waals surface area contributed by atoms with E-state index >= 15 is 0 Å². The van der Waals surface area contributed by atoms with Crippen LogP contribution in [0.1, 0.15) is 15.9 Å². The fourth-order valence-corrected chi connectivity index (χ4v) is 2.33. The number of hydrogen-bond acceptors (Lipinski definition) is 4. The molecule has 3 aromatic rings. The van der Waals surface area contributed by atoms with Gasteiger partial charge in [0.15, 0.2) is 5.82 Å². The number of amides is 1. The number of carbonyl (C=O) groups excluding carboxylic acids is 1. The molecule has 1 N–H and O–H groups in total. The highest BCUT2D eigenvalue weighted by atomic mass is 35.5. The first kappa shape index (κ1) is 15.9. The Hall–Kier alpha value is -2.93. The van der Waals surface area contributed by atoms with E-state index in [1.165, 1.54) is 53.4 Å². The fraction of sp³-hybridized carbons (Fsp3) is 0.0625. The van der Waals surface area contributed by atoms with E-state index in [1.54, 1.807) is 0 Å². The lowest BCUT2D eigenvalue weighted by atomic mass is 10.2. The molecule has 0 aliphatic carbocycles. The van der Waals surface area contributed by atoms with Crippen LogP contribution in [0.15, 0.2) is 58.2 Å². The summed E-state index contributed by atoms with van der Waals surface area (Å²) >= 11 is 5.98. The molecule has 0 atom stereocenters. The molecule has 122 valence electrons. The Kier molecular flexibility index (Phi) is 4.43. The topological polar surface area (TPSA) is 77.1 Å². The predicted octanol–water partition coefficient (Wildman–Crippen LogP) is 2.93. The summed E-state index contributed by atoms with van der Waals surface area (Å²) in [5.74, 6) is -0.751. The molecule has 0 fully saturated rings. The molecule has 24 heavy (non-hydrogen) atoms. The Morgan fingerprint density at radius 2 is 2.12 bits per heavy atom. The van der Waals surface area contributed by atoms with Gasteiger partial charge in [-0.3, -0.25) is 9.59 Å². The van der Waals surface area contributed by atoms with Gasteiger partial charge in [-0.05, 0) is 18.2 Å². The zero-order valence-corrected chi connectivity index (χ0v) is 13.0. The highest BCUT2D eigenvalue weighted by molar-refractivity contribution is 6.31. The van der Waals surface area contributed by atoms with Crippen molar-refractivity contribution < 1.29 is 13.7 Å². The molecular weight excluding hydrogens is 337 g/mol. The van der Waals surface area contributed by atoms with Gasteiger partial charge in [-0.25, -0.2) is 4.39 Å². The number of aromatic nitrogens is 2. The summed E-state index contributed by atoms with van der Waals surface area (Å²) in [6, 6.07) is 8.35. The first-order chi connectivity index (χ1) is 11.5. The lowest BCUT2D eigenvalue weighted by molar-refractivity contribution is 0.102. The van der Waals surface area contributed by atoms with Gasteiger partial charge in [0.2, 0.25) is 0 Å². The fourth-order valence-electron chi connectivity index (χ4n) is 2.11. The predicted molar refractivity (Wildman–Crippen MR) is 85.7 cm³/mol. The van der Waals surface area contributed by atoms with Gasteiger partial charge in [0.1, 0.15) is 12.1 Å². The third-order valence-electron chi connectivity index (χ3n) is 3.32. The Bertz CT molecular complexity index is 918. The van der Waals surface area contributed by atoms with Crippen molar-refractivity contribution in [3.05, 3.63) is 81.2 Å². The summed E-state index contributed by atoms with van der Waals surface area (Å²) in [4.78, 5) is 24.1. The molecule has 6 nitrogen and oxygen atoms in total. The van der Waals surface area contributed by atoms with Crippen molar-refractivity contribution in [1.29, 1.82) is 0 Å². The van der Waals surface area contributed by atoms with E-state index in [4.69, 9.17) is 11.6 Å². The number of anilines is 1. The SMILES string of the molecule is O=C(Nc1ccon1)c1ccc(=O)n(Cc2c(F)cccc2Cl)c1. The molecule has 0 bridgehead atoms. The lowest BCUT2D eigenvalue weighted by Gasteiger charge is -2.10. The molecule has 1 aromatic carbocycles. The molecule has 0 spiro atoms. The highest BCUT2D eigenvalue weighted by Crippen LogP contribution is 2.19. The monoisotopic (exact) mass is 347 g/mol. The molecule has 1 amide bonds. The summed E-state index contributed by atoms with van der Waals surface area (Å²) in [6.07, 6.45) is 2.65. The third kappa shape index (κ3) is 3.36. The summed E-state index contributed by atoms with van der Waals surface area (Å²) in [5, 5.41) is 6.29. The van der Waals surface area contributed by atoms with Crippen molar-refractivity contribution in [2.24, 2.45) is 0 Å². The van der Waals surface area contributed by atoms with E-state index < -0.39 is 11.7 Å². The third-order valence-corrected chi connectivity index (χ3v) is 3.67. The quantitative estimate of drug-likeness (QED) is 0.787. The van der Waals surface area contributed by atoms with Gasteiger partial charge in [0, 0.05) is 28.9 Å². The smallest absolute Gasteiger partial charge is 0.258 e. The maximum absolute atomic E-state index is 13.9. The van der Waals surface area contributed by atoms with Crippen molar-refractivity contribution in [2.75, 3.05) is 5.32 Å². The molecule has 0 aliphatic rings. The maximum Gasteiger partial charge on any atom is 0.258 e. The number of halogens is 2. The number of rotatable bonds is 4. The van der Waals surface area contributed by atoms with Gasteiger partial charge in [-0.1, -0.05) is 22.8 Å². The van der Waals surface area contributed by atoms with E-state index in [2.05, 4.69) is 15.0 Å². The van der Waals surface area contributed by atoms with E-state index in [1.807, 2.05) is 0 Å². The van der Waals surface area contributed by atoms with Crippen LogP contribution in [0, 0.1) is 5.82 Å². The van der Waals surface area contributed by atoms with Crippen molar-refractivity contribution in [2.45, 2.75) is 6.54 Å². The highest BCUT2D eigenvalue weighted by Gasteiger charge is 2.12. The second kappa shape index (κ2) is 6.67. The van der Waals surface area contributed by atoms with Crippen LogP contribution in [-0.2, 0) is 6.54 Å². The van der Waals surface area contributed by atoms with Gasteiger partial charge in [0.25, 0.3) is 11.5 Å². The zero-order valence-electron chi connectivity index (χ0n) is 12.2. The lowest BCUT2D eigenvalue weighted by Crippen LogP contribution is -2.23. The van der Waals surface area contributed by atoms with Crippen molar-refractivity contribution in [1.82, 2.24) is 9.72 Å². The summed E-state index contributed by atoms with van der Waals surface area (Å²) in [6.45, 7) is -0.0879. The van der Waals surface area contributed by atoms with Crippen LogP contribution in [0.4, 0.5) is 10.2 Å². The maximum atomic E-state index is 13.9. The summed E-state index contributed by atoms with van der Waals surface area (Å²) < 4.78 is 19.7. The summed E-state index contributed by atoms with van der Waals surface area (Å²) in [7, 11) is 0. The van der Waals surface area contributed by atoms with Crippen LogP contribution in [0.3, 0.4) is 0 Å². The van der Waals surface area contributed by atoms with E-state index in [0.717, 1.165) is 0 Å². The Labute approximate surface area is 140 Å². The number of hydrogen-bond donors (Lipinski definition) is 1. The number of nitrogens with one attached hydrogen (secondary N) is 1. The molecule has 0 saturated carbocycles. The molecule has 2 heterocycles. The number of pyridine rings is 1. The second-order valence-electron chi connectivity index (χ2n) is 4.92. The minimum absolute atomic E-state index is 0.0879. The minimum Gasteiger partial charge on any atom is -0.363 e. The van der Waals surface area contributed by atoms with Gasteiger partial charge < -0.3 is 14.4 Å². The normalized spacial score (nSPS) is 10.6. The molecule has 3 rings (SSSR count). The molecule has 0 radical (unpaired) electrons. The minimum atomic E-state index is -0.521. The van der Waals surface area contributed by atoms with Gasteiger partial charge >= 0.3 is 0 Å². The average Bonchev–Trinajstić information content (AvgIpc) is 3.05. The average molecular weight is 348 g/mol. The Morgan fingerprint density at radius 1 is 1.29 bits per heavy atom. The molecule has 0 unspecified atom stereocenters. The van der Waals surface area contributed by atoms with Crippen LogP contribution in [0.5, 0.6) is 0 Å². The molecular formula is C16H11ClFN3O3. The first-order valence-corrected chi connectivity index (χ1v) is 7.27. The number of carbonyl (C=O) groups is 1. The van der Waals surface area contributed by atoms with Crippen molar-refractivity contribution >= 4 is 23.3 Å². The van der Waals surface area contributed by atoms with Crippen molar-refractivity contribution in [3.63, 3.8) is 0 Å². The largest absolute Gasteiger partial charge is 0.363 e. The molecule has 8 heteroatoms. The number of benzene rings is 1. The second-order valence-corrected chi connectivity index (χ2v) is 5.33. The molecule has 2 aromatic heterocycles. The molecule has 0 saturated heterocycles. The van der Waals surface area contributed by atoms with Crippen LogP contribution in [0.2, 0.25) is 5.02 Å². The van der Waals surface area contributed by atoms with Gasteiger partial charge in [0.05, 0.1) is 12.1 Å².